The van der Waals surface area contributed by atoms with Gasteiger partial charge in [0.2, 0.25) is 36.6 Å². The maximum absolute atomic E-state index is 14.5. The number of ether oxygens (including phenoxy) is 10. The predicted octanol–water partition coefficient (Wildman–Crippen LogP) is 7.52. The van der Waals surface area contributed by atoms with Crippen LogP contribution < -0.4 is 27.7 Å². The zero-order chi connectivity index (χ0) is 79.8. The molecule has 0 saturated heterocycles. The number of hydrogen-bond donors (Lipinski definition) is 4. The molecule has 0 aliphatic rings. The van der Waals surface area contributed by atoms with E-state index in [1.807, 2.05) is 9.97 Å². The molecule has 30 heteroatoms. The van der Waals surface area contributed by atoms with Gasteiger partial charge in [-0.05, 0) is 97.2 Å². The topological polar surface area (TPSA) is 409 Å². The standard InChI is InChI=1S/C82H83N5O25/c88-62(47-27-10-30-50-87-81(101)85-80(100)86-82(87)102)107-65(71(91)83-48-28-8-25-45-63(89)108-67(76(96)103-51-55-31-11-1-12-32-55)69(111-74(94)60-41-21-6-22-42-60)78(98)105-53-57-35-15-3-16-36-57)66(110-73(93)59-39-19-5-20-40-59)72(92)84-49-29-9-26-46-64(90)109-68(77(97)104-52-56-33-13-2-14-34-56)70(112-75(95)61-43-23-7-24-44-61)79(99)106-54-58-37-17-4-18-38-58/h1-7,11-24,31-44,65-70H,8-10,25-30,45-54H2,(H,83,91)(H,84,92)(H2,85,86,100,101,102)/t65-,66-,67-,68-,69-,70-/m1/s1. The lowest BCUT2D eigenvalue weighted by Gasteiger charge is -2.26. The van der Waals surface area contributed by atoms with Gasteiger partial charge in [0.1, 0.15) is 26.4 Å². The molecule has 8 aromatic rings. The van der Waals surface area contributed by atoms with Gasteiger partial charge in [0.05, 0.1) is 16.7 Å². The maximum Gasteiger partial charge on any atom is 0.352 e. The Morgan fingerprint density at radius 3 is 0.848 bits per heavy atom. The Kier molecular flexibility index (Phi) is 34.1. The van der Waals surface area contributed by atoms with Gasteiger partial charge >= 0.3 is 76.8 Å². The number of aromatic amines is 2. The number of H-pyrrole nitrogens is 2. The van der Waals surface area contributed by atoms with Crippen molar-refractivity contribution in [1.82, 2.24) is 25.2 Å². The number of aromatic nitrogens is 3. The first-order chi connectivity index (χ1) is 54.3. The summed E-state index contributed by atoms with van der Waals surface area (Å²) >= 11 is 0. The van der Waals surface area contributed by atoms with Gasteiger partial charge in [-0.2, -0.15) is 0 Å². The van der Waals surface area contributed by atoms with Crippen molar-refractivity contribution in [2.45, 2.75) is 147 Å². The Morgan fingerprint density at radius 1 is 0.295 bits per heavy atom. The highest BCUT2D eigenvalue weighted by Gasteiger charge is 2.45. The number of amides is 2. The summed E-state index contributed by atoms with van der Waals surface area (Å²) in [4.78, 5) is 207. The lowest BCUT2D eigenvalue weighted by Crippen LogP contribution is -2.53. The highest BCUT2D eigenvalue weighted by atomic mass is 16.7. The van der Waals surface area contributed by atoms with Crippen LogP contribution in [0.15, 0.2) is 227 Å². The van der Waals surface area contributed by atoms with Crippen LogP contribution in [0.2, 0.25) is 0 Å². The second-order valence-corrected chi connectivity index (χ2v) is 25.0. The highest BCUT2D eigenvalue weighted by molar-refractivity contribution is 5.98. The number of rotatable bonds is 44. The fraction of sp³-hybridized carbons (Fsp3) is 0.305. The van der Waals surface area contributed by atoms with E-state index >= 15 is 0 Å². The summed E-state index contributed by atoms with van der Waals surface area (Å²) in [6.45, 7) is -1.91. The summed E-state index contributed by atoms with van der Waals surface area (Å²) < 4.78 is 56.7. The number of unbranched alkanes of at least 4 members (excludes halogenated alkanes) is 6. The molecule has 6 atom stereocenters. The van der Waals surface area contributed by atoms with Gasteiger partial charge in [-0.15, -0.1) is 0 Å². The lowest BCUT2D eigenvalue weighted by molar-refractivity contribution is -0.185. The Balaban J connectivity index is 0.932. The van der Waals surface area contributed by atoms with Crippen molar-refractivity contribution in [2.24, 2.45) is 0 Å². The molecule has 0 radical (unpaired) electrons. The summed E-state index contributed by atoms with van der Waals surface area (Å²) in [5.74, 6) is -13.6. The van der Waals surface area contributed by atoms with E-state index in [1.165, 1.54) is 72.8 Å². The van der Waals surface area contributed by atoms with Crippen LogP contribution in [0.3, 0.4) is 0 Å². The van der Waals surface area contributed by atoms with E-state index in [2.05, 4.69) is 10.6 Å². The van der Waals surface area contributed by atoms with E-state index in [0.717, 1.165) is 4.57 Å². The van der Waals surface area contributed by atoms with Crippen molar-refractivity contribution >= 4 is 71.5 Å². The minimum Gasteiger partial charge on any atom is -0.458 e. The molecule has 7 aromatic carbocycles. The number of hydrogen-bond acceptors (Lipinski definition) is 25. The van der Waals surface area contributed by atoms with Gasteiger partial charge < -0.3 is 58.0 Å². The zero-order valence-corrected chi connectivity index (χ0v) is 60.8. The second kappa shape index (κ2) is 45.4. The number of esters is 10. The number of benzene rings is 7. The van der Waals surface area contributed by atoms with Crippen LogP contribution in [0, 0.1) is 0 Å². The van der Waals surface area contributed by atoms with E-state index in [-0.39, 0.29) is 121 Å². The maximum atomic E-state index is 14.5. The molecular weight excluding hydrogens is 1450 g/mol. The molecule has 30 nitrogen and oxygen atoms in total. The molecule has 112 heavy (non-hydrogen) atoms. The Bertz CT molecular complexity index is 4570. The van der Waals surface area contributed by atoms with Crippen LogP contribution in [-0.4, -0.2) is 136 Å². The van der Waals surface area contributed by atoms with E-state index in [0.29, 0.717) is 22.3 Å². The van der Waals surface area contributed by atoms with Crippen molar-refractivity contribution in [3.63, 3.8) is 0 Å². The minimum absolute atomic E-state index is 0.0105. The molecule has 4 N–H and O–H groups in total. The molecule has 2 amide bonds. The first-order valence-electron chi connectivity index (χ1n) is 36.0. The average Bonchev–Trinajstić information content (AvgIpc) is 0.842. The monoisotopic (exact) mass is 1540 g/mol. The third-order valence-corrected chi connectivity index (χ3v) is 16.6. The van der Waals surface area contributed by atoms with Crippen molar-refractivity contribution in [3.05, 3.63) is 283 Å². The molecule has 0 aliphatic carbocycles. The summed E-state index contributed by atoms with van der Waals surface area (Å²) in [7, 11) is 0. The van der Waals surface area contributed by atoms with Crippen LogP contribution in [0.4, 0.5) is 0 Å². The molecule has 1 aromatic heterocycles. The molecule has 1 heterocycles. The zero-order valence-electron chi connectivity index (χ0n) is 60.8. The molecule has 0 unspecified atom stereocenters. The fourth-order valence-corrected chi connectivity index (χ4v) is 10.7. The smallest absolute Gasteiger partial charge is 0.352 e. The summed E-state index contributed by atoms with van der Waals surface area (Å²) in [5, 5.41) is 5.17. The SMILES string of the molecule is O=C(CCCCCn1c(=O)[nH]c(=O)[nH]c1=O)O[C@@H](C(=O)NCCCCCC(=O)O[C@@H](C(=O)OCc1ccccc1)[C@@H](OC(=O)c1ccccc1)C(=O)OCc1ccccc1)[C@@H](OC(=O)c1ccccc1)C(=O)NCCCCCC(=O)O[C@@H](C(=O)OCc1ccccc1)[C@@H](OC(=O)c1ccccc1)C(=O)OCc1ccccc1. The van der Waals surface area contributed by atoms with Gasteiger partial charge in [0.25, 0.3) is 11.8 Å². The van der Waals surface area contributed by atoms with E-state index in [1.54, 1.807) is 140 Å². The van der Waals surface area contributed by atoms with Crippen LogP contribution >= 0.6 is 0 Å². The first-order valence-corrected chi connectivity index (χ1v) is 36.0. The largest absolute Gasteiger partial charge is 0.458 e. The average molecular weight is 1540 g/mol. The van der Waals surface area contributed by atoms with Gasteiger partial charge in [-0.3, -0.25) is 33.9 Å². The van der Waals surface area contributed by atoms with Gasteiger partial charge in [0.15, 0.2) is 0 Å². The summed E-state index contributed by atoms with van der Waals surface area (Å²) in [5.41, 5.74) is -0.883. The van der Waals surface area contributed by atoms with E-state index in [9.17, 15) is 71.9 Å². The van der Waals surface area contributed by atoms with Crippen molar-refractivity contribution in [3.8, 4) is 0 Å². The summed E-state index contributed by atoms with van der Waals surface area (Å²) in [6, 6.07) is 56.0. The molecule has 0 spiro atoms. The normalized spacial score (nSPS) is 12.4. The predicted molar refractivity (Wildman–Crippen MR) is 395 cm³/mol. The number of nitrogens with zero attached hydrogens (tertiary/aromatic N) is 1. The van der Waals surface area contributed by atoms with Crippen LogP contribution in [0.25, 0.3) is 0 Å². The highest BCUT2D eigenvalue weighted by Crippen LogP contribution is 2.22. The Hall–Kier alpha value is -13.4. The Morgan fingerprint density at radius 2 is 0.545 bits per heavy atom. The van der Waals surface area contributed by atoms with Gasteiger partial charge in [0, 0.05) is 38.9 Å². The van der Waals surface area contributed by atoms with Crippen LogP contribution in [-0.2, 0) is 123 Å². The molecule has 0 bridgehead atoms. The number of carbonyl (C=O) groups excluding carboxylic acids is 12. The molecule has 0 fully saturated rings. The van der Waals surface area contributed by atoms with Gasteiger partial charge in [-0.1, -0.05) is 195 Å². The van der Waals surface area contributed by atoms with Crippen molar-refractivity contribution < 1.29 is 105 Å². The quantitative estimate of drug-likeness (QED) is 0.0163. The number of carbonyl (C=O) groups is 12. The van der Waals surface area contributed by atoms with Crippen LogP contribution in [0.5, 0.6) is 0 Å². The molecule has 0 aliphatic heterocycles. The third kappa shape index (κ3) is 28.3. The third-order valence-electron chi connectivity index (χ3n) is 16.6. The molecule has 8 rings (SSSR count). The second-order valence-electron chi connectivity index (χ2n) is 25.0. The Labute approximate surface area is 641 Å². The summed E-state index contributed by atoms with van der Waals surface area (Å²) in [6.07, 6.45) is -13.4. The van der Waals surface area contributed by atoms with E-state index in [4.69, 9.17) is 47.4 Å². The van der Waals surface area contributed by atoms with Gasteiger partial charge in [-0.25, -0.2) is 52.5 Å². The first kappa shape index (κ1) is 84.2. The molecular formula is C82H83N5O25. The van der Waals surface area contributed by atoms with E-state index < -0.39 is 144 Å². The molecule has 586 valence electrons. The fourth-order valence-electron chi connectivity index (χ4n) is 10.7. The van der Waals surface area contributed by atoms with Crippen LogP contribution in [0.1, 0.15) is 130 Å². The molecule has 0 saturated carbocycles. The lowest BCUT2D eigenvalue weighted by atomic mass is 10.1. The minimum atomic E-state index is -2.19. The van der Waals surface area contributed by atoms with Crippen molar-refractivity contribution in [1.29, 1.82) is 0 Å². The van der Waals surface area contributed by atoms with Crippen molar-refractivity contribution in [2.75, 3.05) is 13.1 Å². The number of nitrogens with one attached hydrogen (secondary N) is 4.